The monoisotopic (exact) mass is 430 g/mol. The van der Waals surface area contributed by atoms with Crippen molar-refractivity contribution in [3.05, 3.63) is 88.6 Å². The Kier molecular flexibility index (Phi) is 5.10. The summed E-state index contributed by atoms with van der Waals surface area (Å²) in [4.78, 5) is 30.4. The standard InChI is InChI=1S/C24H19FN4O3/c25-19-4-1-3-17(13-19)23-26-24(32-27-23)18-8-11-21(30)28(15-18)14-16-6-9-20(10-7-16)29-12-2-5-22(29)31/h1,3-4,6-11,13,15H,2,5,12,14H2. The van der Waals surface area contributed by atoms with Crippen molar-refractivity contribution in [1.82, 2.24) is 14.7 Å². The van der Waals surface area contributed by atoms with Crippen molar-refractivity contribution in [2.75, 3.05) is 11.4 Å². The number of rotatable bonds is 5. The van der Waals surface area contributed by atoms with E-state index in [1.165, 1.54) is 18.2 Å². The van der Waals surface area contributed by atoms with Crippen LogP contribution >= 0.6 is 0 Å². The molecule has 0 unspecified atom stereocenters. The lowest BCUT2D eigenvalue weighted by molar-refractivity contribution is -0.117. The van der Waals surface area contributed by atoms with E-state index in [-0.39, 0.29) is 29.0 Å². The van der Waals surface area contributed by atoms with Gasteiger partial charge in [0.15, 0.2) is 0 Å². The first-order valence-corrected chi connectivity index (χ1v) is 10.3. The van der Waals surface area contributed by atoms with Crippen LogP contribution in [-0.4, -0.2) is 27.2 Å². The van der Waals surface area contributed by atoms with Gasteiger partial charge in [0, 0.05) is 36.5 Å². The minimum absolute atomic E-state index is 0.138. The fourth-order valence-electron chi connectivity index (χ4n) is 3.77. The number of carbonyl (C=O) groups excluding carboxylic acids is 1. The Morgan fingerprint density at radius 1 is 1.00 bits per heavy atom. The average Bonchev–Trinajstić information content (AvgIpc) is 3.45. The van der Waals surface area contributed by atoms with Crippen LogP contribution in [0, 0.1) is 5.82 Å². The molecule has 7 nitrogen and oxygen atoms in total. The van der Waals surface area contributed by atoms with Crippen LogP contribution in [-0.2, 0) is 11.3 Å². The maximum atomic E-state index is 13.5. The molecule has 0 saturated carbocycles. The number of amides is 1. The molecular weight excluding hydrogens is 411 g/mol. The van der Waals surface area contributed by atoms with Crippen molar-refractivity contribution < 1.29 is 13.7 Å². The first kappa shape index (κ1) is 19.9. The maximum Gasteiger partial charge on any atom is 0.259 e. The van der Waals surface area contributed by atoms with Crippen LogP contribution in [0.15, 0.2) is 76.2 Å². The predicted molar refractivity (Wildman–Crippen MR) is 117 cm³/mol. The van der Waals surface area contributed by atoms with Crippen LogP contribution in [0.2, 0.25) is 0 Å². The number of pyridine rings is 1. The molecule has 1 aliphatic heterocycles. The van der Waals surface area contributed by atoms with E-state index in [0.717, 1.165) is 24.2 Å². The third kappa shape index (κ3) is 3.94. The summed E-state index contributed by atoms with van der Waals surface area (Å²) >= 11 is 0. The third-order valence-electron chi connectivity index (χ3n) is 5.41. The number of halogens is 1. The van der Waals surface area contributed by atoms with Gasteiger partial charge in [-0.2, -0.15) is 4.98 Å². The van der Waals surface area contributed by atoms with E-state index in [4.69, 9.17) is 4.52 Å². The molecule has 0 spiro atoms. The van der Waals surface area contributed by atoms with Gasteiger partial charge in [0.2, 0.25) is 11.7 Å². The molecule has 1 amide bonds. The van der Waals surface area contributed by atoms with E-state index >= 15 is 0 Å². The quantitative estimate of drug-likeness (QED) is 0.480. The molecule has 0 aliphatic carbocycles. The van der Waals surface area contributed by atoms with E-state index in [2.05, 4.69) is 10.1 Å². The number of carbonyl (C=O) groups is 1. The van der Waals surface area contributed by atoms with Crippen molar-refractivity contribution in [2.24, 2.45) is 0 Å². The van der Waals surface area contributed by atoms with Gasteiger partial charge in [0.05, 0.1) is 12.1 Å². The number of nitrogens with zero attached hydrogens (tertiary/aromatic N) is 4. The first-order valence-electron chi connectivity index (χ1n) is 10.3. The molecule has 8 heteroatoms. The Bertz CT molecular complexity index is 1340. The van der Waals surface area contributed by atoms with Crippen LogP contribution in [0.3, 0.4) is 0 Å². The Balaban J connectivity index is 1.38. The lowest BCUT2D eigenvalue weighted by Crippen LogP contribution is -2.23. The zero-order valence-corrected chi connectivity index (χ0v) is 17.1. The maximum absolute atomic E-state index is 13.5. The molecule has 160 valence electrons. The van der Waals surface area contributed by atoms with Gasteiger partial charge in [-0.25, -0.2) is 4.39 Å². The van der Waals surface area contributed by atoms with Gasteiger partial charge in [0.25, 0.3) is 11.4 Å². The SMILES string of the molecule is O=C1CCCN1c1ccc(Cn2cc(-c3nc(-c4cccc(F)c4)no3)ccc2=O)cc1. The third-order valence-corrected chi connectivity index (χ3v) is 5.41. The van der Waals surface area contributed by atoms with Crippen LogP contribution < -0.4 is 10.5 Å². The molecule has 2 aromatic carbocycles. The van der Waals surface area contributed by atoms with Gasteiger partial charge in [-0.3, -0.25) is 9.59 Å². The Labute approximate surface area is 182 Å². The van der Waals surface area contributed by atoms with E-state index in [1.54, 1.807) is 33.9 Å². The molecule has 1 aliphatic rings. The smallest absolute Gasteiger partial charge is 0.259 e. The second-order valence-electron chi connectivity index (χ2n) is 7.63. The molecule has 1 fully saturated rings. The fourth-order valence-corrected chi connectivity index (χ4v) is 3.77. The minimum Gasteiger partial charge on any atom is -0.334 e. The molecule has 4 aromatic rings. The minimum atomic E-state index is -0.387. The molecule has 3 heterocycles. The van der Waals surface area contributed by atoms with Crippen molar-refractivity contribution in [3.63, 3.8) is 0 Å². The molecule has 32 heavy (non-hydrogen) atoms. The van der Waals surface area contributed by atoms with E-state index < -0.39 is 0 Å². The Morgan fingerprint density at radius 2 is 1.84 bits per heavy atom. The molecule has 1 saturated heterocycles. The topological polar surface area (TPSA) is 81.2 Å². The first-order chi connectivity index (χ1) is 15.6. The van der Waals surface area contributed by atoms with Gasteiger partial charge in [-0.15, -0.1) is 0 Å². The molecule has 2 aromatic heterocycles. The van der Waals surface area contributed by atoms with Crippen LogP contribution in [0.25, 0.3) is 22.8 Å². The van der Waals surface area contributed by atoms with Crippen molar-refractivity contribution >= 4 is 11.6 Å². The van der Waals surface area contributed by atoms with Gasteiger partial charge < -0.3 is 14.0 Å². The molecule has 0 atom stereocenters. The Hall–Kier alpha value is -4.07. The number of hydrogen-bond donors (Lipinski definition) is 0. The zero-order valence-electron chi connectivity index (χ0n) is 17.1. The molecule has 0 bridgehead atoms. The number of anilines is 1. The van der Waals surface area contributed by atoms with E-state index in [9.17, 15) is 14.0 Å². The molecule has 0 radical (unpaired) electrons. The average molecular weight is 430 g/mol. The fraction of sp³-hybridized carbons (Fsp3) is 0.167. The zero-order chi connectivity index (χ0) is 22.1. The van der Waals surface area contributed by atoms with E-state index in [0.29, 0.717) is 24.1 Å². The molecule has 0 N–H and O–H groups in total. The second kappa shape index (κ2) is 8.22. The summed E-state index contributed by atoms with van der Waals surface area (Å²) in [5, 5.41) is 3.92. The van der Waals surface area contributed by atoms with Crippen LogP contribution in [0.1, 0.15) is 18.4 Å². The number of aromatic nitrogens is 3. The summed E-state index contributed by atoms with van der Waals surface area (Å²) in [7, 11) is 0. The summed E-state index contributed by atoms with van der Waals surface area (Å²) in [6.07, 6.45) is 3.11. The molecule has 5 rings (SSSR count). The normalized spacial score (nSPS) is 13.7. The highest BCUT2D eigenvalue weighted by Crippen LogP contribution is 2.23. The Morgan fingerprint density at radius 3 is 2.59 bits per heavy atom. The summed E-state index contributed by atoms with van der Waals surface area (Å²) in [5.74, 6) is 0.256. The number of benzene rings is 2. The summed E-state index contributed by atoms with van der Waals surface area (Å²) in [6.45, 7) is 1.09. The predicted octanol–water partition coefficient (Wildman–Crippen LogP) is 3.88. The summed E-state index contributed by atoms with van der Waals surface area (Å²) < 4.78 is 20.4. The highest BCUT2D eigenvalue weighted by atomic mass is 19.1. The number of hydrogen-bond acceptors (Lipinski definition) is 5. The summed E-state index contributed by atoms with van der Waals surface area (Å²) in [6, 6.07) is 16.6. The molecular formula is C24H19FN4O3. The van der Waals surface area contributed by atoms with Crippen molar-refractivity contribution in [3.8, 4) is 22.8 Å². The van der Waals surface area contributed by atoms with Crippen LogP contribution in [0.4, 0.5) is 10.1 Å². The summed E-state index contributed by atoms with van der Waals surface area (Å²) in [5.41, 5.74) is 2.71. The van der Waals surface area contributed by atoms with Crippen molar-refractivity contribution in [2.45, 2.75) is 19.4 Å². The van der Waals surface area contributed by atoms with Crippen molar-refractivity contribution in [1.29, 1.82) is 0 Å². The van der Waals surface area contributed by atoms with Gasteiger partial charge in [-0.05, 0) is 42.3 Å². The van der Waals surface area contributed by atoms with Gasteiger partial charge in [0.1, 0.15) is 5.82 Å². The second-order valence-corrected chi connectivity index (χ2v) is 7.63. The highest BCUT2D eigenvalue weighted by Gasteiger charge is 2.21. The van der Waals surface area contributed by atoms with E-state index in [1.807, 2.05) is 24.3 Å². The lowest BCUT2D eigenvalue weighted by atomic mass is 10.2. The lowest BCUT2D eigenvalue weighted by Gasteiger charge is -2.16. The largest absolute Gasteiger partial charge is 0.334 e. The van der Waals surface area contributed by atoms with Crippen LogP contribution in [0.5, 0.6) is 0 Å². The van der Waals surface area contributed by atoms with Gasteiger partial charge >= 0.3 is 0 Å². The van der Waals surface area contributed by atoms with Gasteiger partial charge in [-0.1, -0.05) is 29.4 Å². The highest BCUT2D eigenvalue weighted by molar-refractivity contribution is 5.95.